The molecule has 0 aliphatic carbocycles. The van der Waals surface area contributed by atoms with Crippen LogP contribution in [0.5, 0.6) is 0 Å². The molecule has 1 aromatic heterocycles. The smallest absolute Gasteiger partial charge is 0.240 e. The third-order valence-electron chi connectivity index (χ3n) is 2.54. The Morgan fingerprint density at radius 1 is 1.50 bits per heavy atom. The van der Waals surface area contributed by atoms with E-state index in [4.69, 9.17) is 0 Å². The molecule has 1 unspecified atom stereocenters. The number of aromatic nitrogens is 1. The molecule has 0 saturated carbocycles. The highest BCUT2D eigenvalue weighted by atomic mass is 32.2. The zero-order chi connectivity index (χ0) is 13.6. The molecule has 0 bridgehead atoms. The molecule has 2 N–H and O–H groups in total. The molecule has 0 aromatic carbocycles. The number of thioether (sulfide) groups is 1. The van der Waals surface area contributed by atoms with E-state index in [1.165, 1.54) is 18.3 Å². The van der Waals surface area contributed by atoms with E-state index in [1.54, 1.807) is 18.8 Å². The van der Waals surface area contributed by atoms with Gasteiger partial charge in [0.1, 0.15) is 5.82 Å². The summed E-state index contributed by atoms with van der Waals surface area (Å²) < 4.78 is 26.6. The predicted octanol–water partition coefficient (Wildman–Crippen LogP) is 1.54. The Bertz CT molecular complexity index is 477. The first-order chi connectivity index (χ1) is 8.49. The van der Waals surface area contributed by atoms with Gasteiger partial charge < -0.3 is 5.32 Å². The van der Waals surface area contributed by atoms with Gasteiger partial charge in [-0.2, -0.15) is 11.8 Å². The molecule has 0 radical (unpaired) electrons. The molecule has 18 heavy (non-hydrogen) atoms. The van der Waals surface area contributed by atoms with Gasteiger partial charge in [-0.05, 0) is 18.7 Å². The van der Waals surface area contributed by atoms with Gasteiger partial charge in [-0.3, -0.25) is 0 Å². The second-order valence-corrected chi connectivity index (χ2v) is 6.90. The van der Waals surface area contributed by atoms with Crippen LogP contribution in [-0.4, -0.2) is 38.5 Å². The Hall–Kier alpha value is -0.790. The van der Waals surface area contributed by atoms with Crippen molar-refractivity contribution in [3.05, 3.63) is 18.3 Å². The Morgan fingerprint density at radius 3 is 2.83 bits per heavy atom. The molecule has 1 atom stereocenters. The summed E-state index contributed by atoms with van der Waals surface area (Å²) in [5.74, 6) is 0.537. The van der Waals surface area contributed by atoms with Gasteiger partial charge in [0, 0.05) is 31.1 Å². The van der Waals surface area contributed by atoms with E-state index in [0.29, 0.717) is 17.6 Å². The van der Waals surface area contributed by atoms with Crippen molar-refractivity contribution in [2.45, 2.75) is 23.5 Å². The van der Waals surface area contributed by atoms with Gasteiger partial charge in [0.25, 0.3) is 0 Å². The zero-order valence-electron chi connectivity index (χ0n) is 10.8. The number of sulfonamides is 1. The first-order valence-corrected chi connectivity index (χ1v) is 8.43. The molecule has 1 heterocycles. The van der Waals surface area contributed by atoms with E-state index in [2.05, 4.69) is 21.9 Å². The number of nitrogens with zero attached hydrogens (tertiary/aromatic N) is 1. The molecule has 5 nitrogen and oxygen atoms in total. The second kappa shape index (κ2) is 6.96. The maximum atomic E-state index is 12.0. The number of nitrogens with one attached hydrogen (secondary N) is 2. The van der Waals surface area contributed by atoms with Gasteiger partial charge in [-0.25, -0.2) is 18.1 Å². The Balaban J connectivity index is 2.68. The highest BCUT2D eigenvalue weighted by molar-refractivity contribution is 7.99. The number of hydrogen-bond donors (Lipinski definition) is 2. The molecule has 0 amide bonds. The lowest BCUT2D eigenvalue weighted by molar-refractivity contribution is 0.579. The van der Waals surface area contributed by atoms with Crippen LogP contribution in [0.4, 0.5) is 5.82 Å². The Labute approximate surface area is 113 Å². The summed E-state index contributed by atoms with van der Waals surface area (Å²) in [6, 6.07) is 3.00. The normalized spacial score (nSPS) is 13.3. The van der Waals surface area contributed by atoms with Crippen molar-refractivity contribution in [1.82, 2.24) is 9.71 Å². The summed E-state index contributed by atoms with van der Waals surface area (Å²) in [7, 11) is -1.74. The van der Waals surface area contributed by atoms with E-state index >= 15 is 0 Å². The van der Waals surface area contributed by atoms with Gasteiger partial charge in [0.15, 0.2) is 0 Å². The SMILES string of the molecule is CNc1cc(S(=O)(=O)NCCC(C)SC)ccn1. The van der Waals surface area contributed by atoms with E-state index in [9.17, 15) is 8.42 Å². The van der Waals surface area contributed by atoms with Crippen molar-refractivity contribution < 1.29 is 8.42 Å². The molecule has 0 fully saturated rings. The van der Waals surface area contributed by atoms with E-state index in [1.807, 2.05) is 6.26 Å². The molecule has 0 spiro atoms. The lowest BCUT2D eigenvalue weighted by Crippen LogP contribution is -2.26. The molecule has 0 aliphatic heterocycles. The average molecular weight is 289 g/mol. The van der Waals surface area contributed by atoms with Crippen LogP contribution in [0.3, 0.4) is 0 Å². The summed E-state index contributed by atoms with van der Waals surface area (Å²) in [5.41, 5.74) is 0. The van der Waals surface area contributed by atoms with Gasteiger partial charge in [-0.1, -0.05) is 6.92 Å². The van der Waals surface area contributed by atoms with Crippen molar-refractivity contribution in [1.29, 1.82) is 0 Å². The molecular weight excluding hydrogens is 270 g/mol. The van der Waals surface area contributed by atoms with Crippen LogP contribution in [0.2, 0.25) is 0 Å². The fraction of sp³-hybridized carbons (Fsp3) is 0.545. The standard InChI is InChI=1S/C11H19N3O2S2/c1-9(17-3)4-7-14-18(15,16)10-5-6-13-11(8-10)12-2/h5-6,8-9,14H,4,7H2,1-3H3,(H,12,13). The fourth-order valence-corrected chi connectivity index (χ4v) is 2.73. The molecule has 102 valence electrons. The number of pyridine rings is 1. The summed E-state index contributed by atoms with van der Waals surface area (Å²) >= 11 is 1.72. The zero-order valence-corrected chi connectivity index (χ0v) is 12.4. The minimum Gasteiger partial charge on any atom is -0.373 e. The number of rotatable bonds is 7. The number of anilines is 1. The van der Waals surface area contributed by atoms with Gasteiger partial charge in [0.05, 0.1) is 4.90 Å². The van der Waals surface area contributed by atoms with Crippen molar-refractivity contribution in [3.63, 3.8) is 0 Å². The molecule has 0 aliphatic rings. The third-order valence-corrected chi connectivity index (χ3v) is 5.04. The van der Waals surface area contributed by atoms with Gasteiger partial charge in [-0.15, -0.1) is 0 Å². The van der Waals surface area contributed by atoms with Crippen LogP contribution in [-0.2, 0) is 10.0 Å². The van der Waals surface area contributed by atoms with E-state index in [-0.39, 0.29) is 4.90 Å². The summed E-state index contributed by atoms with van der Waals surface area (Å²) in [4.78, 5) is 4.22. The molecule has 1 rings (SSSR count). The lowest BCUT2D eigenvalue weighted by Gasteiger charge is -2.10. The largest absolute Gasteiger partial charge is 0.373 e. The average Bonchev–Trinajstić information content (AvgIpc) is 2.38. The minimum atomic E-state index is -3.44. The first-order valence-electron chi connectivity index (χ1n) is 5.66. The fourth-order valence-electron chi connectivity index (χ4n) is 1.31. The van der Waals surface area contributed by atoms with Crippen LogP contribution >= 0.6 is 11.8 Å². The molecular formula is C11H19N3O2S2. The van der Waals surface area contributed by atoms with Crippen LogP contribution in [0, 0.1) is 0 Å². The summed E-state index contributed by atoms with van der Waals surface area (Å²) in [6.45, 7) is 2.52. The summed E-state index contributed by atoms with van der Waals surface area (Å²) in [6.07, 6.45) is 4.30. The number of hydrogen-bond acceptors (Lipinski definition) is 5. The van der Waals surface area contributed by atoms with Crippen molar-refractivity contribution in [2.75, 3.05) is 25.2 Å². The Kier molecular flexibility index (Phi) is 5.90. The van der Waals surface area contributed by atoms with E-state index < -0.39 is 10.0 Å². The van der Waals surface area contributed by atoms with Gasteiger partial charge in [0.2, 0.25) is 10.0 Å². The minimum absolute atomic E-state index is 0.235. The van der Waals surface area contributed by atoms with Crippen molar-refractivity contribution >= 4 is 27.6 Å². The summed E-state index contributed by atoms with van der Waals surface area (Å²) in [5, 5.41) is 3.26. The Morgan fingerprint density at radius 2 is 2.22 bits per heavy atom. The topological polar surface area (TPSA) is 71.1 Å². The third kappa shape index (κ3) is 4.47. The highest BCUT2D eigenvalue weighted by Crippen LogP contribution is 2.13. The van der Waals surface area contributed by atoms with Crippen LogP contribution < -0.4 is 10.0 Å². The maximum Gasteiger partial charge on any atom is 0.240 e. The molecule has 1 aromatic rings. The predicted molar refractivity (Wildman–Crippen MR) is 76.6 cm³/mol. The van der Waals surface area contributed by atoms with Crippen LogP contribution in [0.15, 0.2) is 23.2 Å². The van der Waals surface area contributed by atoms with E-state index in [0.717, 1.165) is 6.42 Å². The van der Waals surface area contributed by atoms with Crippen molar-refractivity contribution in [3.8, 4) is 0 Å². The van der Waals surface area contributed by atoms with Crippen molar-refractivity contribution in [2.24, 2.45) is 0 Å². The maximum absolute atomic E-state index is 12.0. The quantitative estimate of drug-likeness (QED) is 0.797. The van der Waals surface area contributed by atoms with Crippen LogP contribution in [0.1, 0.15) is 13.3 Å². The first kappa shape index (κ1) is 15.3. The second-order valence-electron chi connectivity index (χ2n) is 3.86. The van der Waals surface area contributed by atoms with Gasteiger partial charge >= 0.3 is 0 Å². The molecule has 7 heteroatoms. The highest BCUT2D eigenvalue weighted by Gasteiger charge is 2.14. The monoisotopic (exact) mass is 289 g/mol. The molecule has 0 saturated heterocycles. The van der Waals surface area contributed by atoms with Crippen LogP contribution in [0.25, 0.3) is 0 Å². The lowest BCUT2D eigenvalue weighted by atomic mass is 10.3.